The van der Waals surface area contributed by atoms with Gasteiger partial charge in [0.25, 0.3) is 0 Å². The molecule has 14 heavy (non-hydrogen) atoms. The molecule has 1 aromatic rings. The quantitative estimate of drug-likeness (QED) is 0.558. The summed E-state index contributed by atoms with van der Waals surface area (Å²) in [6.07, 6.45) is 0. The first kappa shape index (κ1) is 16.2. The Labute approximate surface area is 122 Å². The summed E-state index contributed by atoms with van der Waals surface area (Å²) in [4.78, 5) is 20.9. The zero-order valence-electron chi connectivity index (χ0n) is 7.47. The van der Waals surface area contributed by atoms with E-state index in [9.17, 15) is 9.59 Å². The van der Waals surface area contributed by atoms with E-state index in [0.717, 1.165) is 0 Å². The van der Waals surface area contributed by atoms with E-state index >= 15 is 0 Å². The van der Waals surface area contributed by atoms with Crippen molar-refractivity contribution in [3.05, 3.63) is 35.4 Å². The molecular formula is C8H7KO5. The van der Waals surface area contributed by atoms with Gasteiger partial charge in [-0.15, -0.1) is 0 Å². The molecule has 1 aromatic carbocycles. The third kappa shape index (κ3) is 3.87. The summed E-state index contributed by atoms with van der Waals surface area (Å²) >= 11 is 0. The summed E-state index contributed by atoms with van der Waals surface area (Å²) in [5.41, 5.74) is -0.380. The van der Waals surface area contributed by atoms with E-state index in [-0.39, 0.29) is 68.0 Å². The molecule has 0 saturated heterocycles. The second-order valence-corrected chi connectivity index (χ2v) is 2.16. The topological polar surface area (TPSA) is 105 Å². The Balaban J connectivity index is 0. The van der Waals surface area contributed by atoms with Crippen LogP contribution in [0.5, 0.6) is 0 Å². The maximum atomic E-state index is 10.5. The van der Waals surface area contributed by atoms with Gasteiger partial charge in [-0.1, -0.05) is 12.1 Å². The molecule has 6 heteroatoms. The van der Waals surface area contributed by atoms with Crippen molar-refractivity contribution in [3.63, 3.8) is 0 Å². The fourth-order valence-corrected chi connectivity index (χ4v) is 0.856. The van der Waals surface area contributed by atoms with Crippen LogP contribution in [-0.2, 0) is 0 Å². The third-order valence-corrected chi connectivity index (χ3v) is 1.39. The van der Waals surface area contributed by atoms with Crippen LogP contribution in [-0.4, -0.2) is 27.6 Å². The fraction of sp³-hybridized carbons (Fsp3) is 0. The van der Waals surface area contributed by atoms with Crippen LogP contribution in [0, 0.1) is 0 Å². The molecule has 0 radical (unpaired) electrons. The molecule has 0 fully saturated rings. The molecule has 5 nitrogen and oxygen atoms in total. The Kier molecular flexibility index (Phi) is 8.22. The zero-order valence-corrected chi connectivity index (χ0v) is 10.6. The molecule has 0 aliphatic heterocycles. The molecule has 0 aromatic heterocycles. The van der Waals surface area contributed by atoms with Gasteiger partial charge in [-0.05, 0) is 12.1 Å². The van der Waals surface area contributed by atoms with Crippen molar-refractivity contribution in [2.24, 2.45) is 0 Å². The van der Waals surface area contributed by atoms with Crippen molar-refractivity contribution in [1.82, 2.24) is 0 Å². The molecule has 0 unspecified atom stereocenters. The Morgan fingerprint density at radius 1 is 0.929 bits per heavy atom. The van der Waals surface area contributed by atoms with Gasteiger partial charge in [0.1, 0.15) is 0 Å². The normalized spacial score (nSPS) is 8.00. The fourth-order valence-electron chi connectivity index (χ4n) is 0.856. The first-order valence-corrected chi connectivity index (χ1v) is 3.18. The predicted octanol–water partition coefficient (Wildman–Crippen LogP) is -2.09. The standard InChI is InChI=1S/C8H6O4.K.H2O/c9-7(10)5-3-1-2-4-6(5)8(11)12;;/h1-4H,(H,9,10)(H,11,12);;1H2/q;+1;/p-1. The van der Waals surface area contributed by atoms with Gasteiger partial charge < -0.3 is 15.7 Å². The SMILES string of the molecule is O=C(O)c1ccccc1C(=O)O.[K+].[OH-]. The van der Waals surface area contributed by atoms with Gasteiger partial charge in [-0.2, -0.15) is 0 Å². The van der Waals surface area contributed by atoms with E-state index in [4.69, 9.17) is 10.2 Å². The van der Waals surface area contributed by atoms with Gasteiger partial charge in [0.05, 0.1) is 11.1 Å². The Morgan fingerprint density at radius 2 is 1.21 bits per heavy atom. The Bertz CT molecular complexity index is 303. The number of benzene rings is 1. The largest absolute Gasteiger partial charge is 1.00 e. The van der Waals surface area contributed by atoms with Crippen LogP contribution in [0.3, 0.4) is 0 Å². The molecule has 0 aliphatic rings. The predicted molar refractivity (Wildman–Crippen MR) is 42.3 cm³/mol. The molecule has 70 valence electrons. The van der Waals surface area contributed by atoms with Gasteiger partial charge in [0.2, 0.25) is 0 Å². The molecule has 0 aliphatic carbocycles. The van der Waals surface area contributed by atoms with Crippen LogP contribution in [0.2, 0.25) is 0 Å². The molecule has 0 bridgehead atoms. The number of carboxylic acids is 2. The summed E-state index contributed by atoms with van der Waals surface area (Å²) in [7, 11) is 0. The second-order valence-electron chi connectivity index (χ2n) is 2.16. The van der Waals surface area contributed by atoms with Crippen molar-refractivity contribution in [1.29, 1.82) is 0 Å². The maximum absolute atomic E-state index is 10.5. The van der Waals surface area contributed by atoms with Crippen LogP contribution in [0.15, 0.2) is 24.3 Å². The first-order chi connectivity index (χ1) is 5.63. The molecule has 3 N–H and O–H groups in total. The van der Waals surface area contributed by atoms with Crippen LogP contribution < -0.4 is 51.4 Å². The van der Waals surface area contributed by atoms with Crippen LogP contribution in [0.4, 0.5) is 0 Å². The molecule has 0 spiro atoms. The average molecular weight is 222 g/mol. The van der Waals surface area contributed by atoms with E-state index in [1.54, 1.807) is 0 Å². The first-order valence-electron chi connectivity index (χ1n) is 3.18. The minimum Gasteiger partial charge on any atom is -0.870 e. The Hall–Kier alpha value is -0.244. The van der Waals surface area contributed by atoms with Crippen LogP contribution in [0.25, 0.3) is 0 Å². The van der Waals surface area contributed by atoms with Crippen LogP contribution >= 0.6 is 0 Å². The second kappa shape index (κ2) is 7.10. The summed E-state index contributed by atoms with van der Waals surface area (Å²) in [6.45, 7) is 0. The Morgan fingerprint density at radius 3 is 1.43 bits per heavy atom. The van der Waals surface area contributed by atoms with E-state index in [0.29, 0.717) is 0 Å². The smallest absolute Gasteiger partial charge is 0.870 e. The van der Waals surface area contributed by atoms with Crippen molar-refractivity contribution < 1.29 is 76.7 Å². The van der Waals surface area contributed by atoms with Crippen molar-refractivity contribution in [2.75, 3.05) is 0 Å². The van der Waals surface area contributed by atoms with Gasteiger partial charge in [0, 0.05) is 0 Å². The molecule has 0 saturated carbocycles. The van der Waals surface area contributed by atoms with Gasteiger partial charge in [-0.3, -0.25) is 0 Å². The van der Waals surface area contributed by atoms with E-state index < -0.39 is 11.9 Å². The zero-order chi connectivity index (χ0) is 9.14. The molecule has 0 amide bonds. The molecule has 1 rings (SSSR count). The summed E-state index contributed by atoms with van der Waals surface area (Å²) in [5.74, 6) is -2.46. The molecular weight excluding hydrogens is 215 g/mol. The number of hydrogen-bond acceptors (Lipinski definition) is 3. The van der Waals surface area contributed by atoms with Gasteiger partial charge >= 0.3 is 63.3 Å². The van der Waals surface area contributed by atoms with Crippen molar-refractivity contribution in [3.8, 4) is 0 Å². The number of carbonyl (C=O) groups is 2. The summed E-state index contributed by atoms with van der Waals surface area (Å²) in [6, 6.07) is 5.48. The number of hydrogen-bond donors (Lipinski definition) is 2. The van der Waals surface area contributed by atoms with E-state index in [1.807, 2.05) is 0 Å². The van der Waals surface area contributed by atoms with Crippen molar-refractivity contribution in [2.45, 2.75) is 0 Å². The van der Waals surface area contributed by atoms with E-state index in [1.165, 1.54) is 24.3 Å². The van der Waals surface area contributed by atoms with E-state index in [2.05, 4.69) is 0 Å². The van der Waals surface area contributed by atoms with Crippen molar-refractivity contribution >= 4 is 11.9 Å². The monoisotopic (exact) mass is 222 g/mol. The summed E-state index contributed by atoms with van der Waals surface area (Å²) < 4.78 is 0. The maximum Gasteiger partial charge on any atom is 1.00 e. The van der Waals surface area contributed by atoms with Crippen LogP contribution in [0.1, 0.15) is 20.7 Å². The minimum atomic E-state index is -1.23. The number of rotatable bonds is 2. The van der Waals surface area contributed by atoms with Gasteiger partial charge in [0.15, 0.2) is 0 Å². The van der Waals surface area contributed by atoms with Gasteiger partial charge in [-0.25, -0.2) is 9.59 Å². The minimum absolute atomic E-state index is 0. The summed E-state index contributed by atoms with van der Waals surface area (Å²) in [5, 5.41) is 17.1. The third-order valence-electron chi connectivity index (χ3n) is 1.39. The molecule has 0 atom stereocenters. The molecule has 0 heterocycles. The average Bonchev–Trinajstić information content (AvgIpc) is 2.04. The number of carboxylic acid groups (broad SMARTS) is 2. The number of aromatic carboxylic acids is 2.